The molecule has 0 bridgehead atoms. The first kappa shape index (κ1) is 20.1. The molecule has 29 heavy (non-hydrogen) atoms. The summed E-state index contributed by atoms with van der Waals surface area (Å²) >= 11 is 0. The van der Waals surface area contributed by atoms with Crippen molar-refractivity contribution >= 4 is 27.6 Å². The Morgan fingerprint density at radius 2 is 1.38 bits per heavy atom. The molecule has 5 heteroatoms. The summed E-state index contributed by atoms with van der Waals surface area (Å²) in [5.74, 6) is 0.163. The fourth-order valence-corrected chi connectivity index (χ4v) is 10.2. The Morgan fingerprint density at radius 3 is 2.00 bits per heavy atom. The van der Waals surface area contributed by atoms with Crippen LogP contribution in [-0.2, 0) is 14.4 Å². The minimum Gasteiger partial charge on any atom is -0.313 e. The van der Waals surface area contributed by atoms with Crippen LogP contribution in [0.2, 0.25) is 0 Å². The Hall–Kier alpha value is -2.16. The molecular weight excluding hydrogens is 399 g/mol. The van der Waals surface area contributed by atoms with Crippen LogP contribution < -0.4 is 10.6 Å². The number of hydrogen-bond donors (Lipinski definition) is 0. The molecule has 0 radical (unpaired) electrons. The number of fused-ring (bicyclic) bond motifs is 2. The van der Waals surface area contributed by atoms with E-state index in [-0.39, 0.29) is 21.4 Å². The fraction of sp³-hybridized carbons (Fsp3) is 0.250. The second-order valence-corrected chi connectivity index (χ2v) is 13.3. The van der Waals surface area contributed by atoms with Gasteiger partial charge in [-0.1, -0.05) is 76.2 Å². The van der Waals surface area contributed by atoms with Crippen LogP contribution in [0.3, 0.4) is 0 Å². The predicted molar refractivity (Wildman–Crippen MR) is 120 cm³/mol. The van der Waals surface area contributed by atoms with Crippen molar-refractivity contribution in [2.75, 3.05) is 0 Å². The standard InChI is InChI=1S/C24H25O3PS/c1-16(2)19-14-15-22-24(23(19)18-10-6-5-7-11-18)28(25,17(3)4)20-12-8-9-13-21(20)29(22,26)27/h5-17H,1-4H3. The van der Waals surface area contributed by atoms with Gasteiger partial charge in [0.2, 0.25) is 9.84 Å². The van der Waals surface area contributed by atoms with Crippen LogP contribution in [0, 0.1) is 0 Å². The SMILES string of the molecule is CC(C)c1ccc2c(c1-c1ccccc1)P(=O)(C(C)C)c1ccccc1S2(=O)=O. The van der Waals surface area contributed by atoms with Crippen LogP contribution in [0.15, 0.2) is 76.5 Å². The van der Waals surface area contributed by atoms with Crippen molar-refractivity contribution < 1.29 is 13.0 Å². The van der Waals surface area contributed by atoms with Gasteiger partial charge in [-0.3, -0.25) is 0 Å². The number of sulfone groups is 1. The molecule has 0 aromatic heterocycles. The lowest BCUT2D eigenvalue weighted by Gasteiger charge is -2.34. The Morgan fingerprint density at radius 1 is 0.759 bits per heavy atom. The number of benzene rings is 3. The minimum absolute atomic E-state index is 0.163. The summed E-state index contributed by atoms with van der Waals surface area (Å²) in [5, 5.41) is 0.962. The summed E-state index contributed by atoms with van der Waals surface area (Å²) in [6, 6.07) is 20.1. The van der Waals surface area contributed by atoms with Gasteiger partial charge in [-0.15, -0.1) is 0 Å². The first-order valence-electron chi connectivity index (χ1n) is 9.88. The van der Waals surface area contributed by atoms with Crippen LogP contribution in [0.4, 0.5) is 0 Å². The number of rotatable bonds is 3. The smallest absolute Gasteiger partial charge is 0.208 e. The lowest BCUT2D eigenvalue weighted by Crippen LogP contribution is -2.36. The summed E-state index contributed by atoms with van der Waals surface area (Å²) < 4.78 is 41.9. The summed E-state index contributed by atoms with van der Waals surface area (Å²) in [6.45, 7) is 8.02. The molecule has 1 heterocycles. The van der Waals surface area contributed by atoms with Gasteiger partial charge in [0, 0.05) is 16.3 Å². The van der Waals surface area contributed by atoms with Gasteiger partial charge < -0.3 is 4.57 Å². The molecule has 1 aliphatic heterocycles. The van der Waals surface area contributed by atoms with Crippen molar-refractivity contribution in [3.05, 3.63) is 72.3 Å². The zero-order chi connectivity index (χ0) is 21.0. The highest BCUT2D eigenvalue weighted by molar-refractivity contribution is 7.95. The third-order valence-corrected chi connectivity index (χ3v) is 11.6. The van der Waals surface area contributed by atoms with E-state index in [0.29, 0.717) is 10.6 Å². The largest absolute Gasteiger partial charge is 0.313 e. The van der Waals surface area contributed by atoms with Crippen molar-refractivity contribution in [1.29, 1.82) is 0 Å². The second kappa shape index (κ2) is 6.97. The zero-order valence-corrected chi connectivity index (χ0v) is 18.8. The highest BCUT2D eigenvalue weighted by Crippen LogP contribution is 2.57. The Kier molecular flexibility index (Phi) is 4.83. The van der Waals surface area contributed by atoms with Gasteiger partial charge in [0.25, 0.3) is 0 Å². The molecule has 1 unspecified atom stereocenters. The maximum absolute atomic E-state index is 14.8. The van der Waals surface area contributed by atoms with Crippen molar-refractivity contribution in [3.63, 3.8) is 0 Å². The van der Waals surface area contributed by atoms with Crippen LogP contribution in [-0.4, -0.2) is 14.1 Å². The number of hydrogen-bond acceptors (Lipinski definition) is 3. The van der Waals surface area contributed by atoms with Crippen LogP contribution in [0.5, 0.6) is 0 Å². The highest BCUT2D eigenvalue weighted by atomic mass is 32.2. The van der Waals surface area contributed by atoms with Crippen LogP contribution in [0.1, 0.15) is 39.2 Å². The summed E-state index contributed by atoms with van der Waals surface area (Å²) in [4.78, 5) is 0.373. The normalized spacial score (nSPS) is 19.8. The molecule has 0 N–H and O–H groups in total. The molecule has 0 aliphatic carbocycles. The van der Waals surface area contributed by atoms with Gasteiger partial charge >= 0.3 is 0 Å². The van der Waals surface area contributed by atoms with E-state index in [4.69, 9.17) is 0 Å². The van der Waals surface area contributed by atoms with Crippen molar-refractivity contribution in [2.45, 2.75) is 49.1 Å². The first-order chi connectivity index (χ1) is 13.7. The molecule has 3 aromatic rings. The lowest BCUT2D eigenvalue weighted by molar-refractivity contribution is 0.576. The third-order valence-electron chi connectivity index (χ3n) is 5.72. The van der Waals surface area contributed by atoms with Gasteiger partial charge in [0.15, 0.2) is 0 Å². The molecule has 150 valence electrons. The average molecular weight is 425 g/mol. The van der Waals surface area contributed by atoms with Gasteiger partial charge in [0.1, 0.15) is 7.14 Å². The van der Waals surface area contributed by atoms with Crippen LogP contribution in [0.25, 0.3) is 11.1 Å². The lowest BCUT2D eigenvalue weighted by atomic mass is 9.92. The van der Waals surface area contributed by atoms with Crippen LogP contribution >= 0.6 is 7.14 Å². The molecule has 0 saturated carbocycles. The summed E-state index contributed by atoms with van der Waals surface area (Å²) in [6.07, 6.45) is 0. The molecule has 1 aliphatic rings. The quantitative estimate of drug-likeness (QED) is 0.533. The molecule has 0 fully saturated rings. The van der Waals surface area contributed by atoms with E-state index >= 15 is 0 Å². The molecular formula is C24H25O3PS. The summed E-state index contributed by atoms with van der Waals surface area (Å²) in [7, 11) is -6.95. The van der Waals surface area contributed by atoms with Crippen molar-refractivity contribution in [3.8, 4) is 11.1 Å². The zero-order valence-electron chi connectivity index (χ0n) is 17.1. The Balaban J connectivity index is 2.26. The monoisotopic (exact) mass is 424 g/mol. The van der Waals surface area contributed by atoms with E-state index < -0.39 is 17.0 Å². The van der Waals surface area contributed by atoms with E-state index in [9.17, 15) is 13.0 Å². The van der Waals surface area contributed by atoms with E-state index in [1.54, 1.807) is 30.3 Å². The topological polar surface area (TPSA) is 51.2 Å². The molecule has 0 saturated heterocycles. The van der Waals surface area contributed by atoms with Gasteiger partial charge in [-0.05, 0) is 40.8 Å². The Bertz CT molecular complexity index is 1240. The van der Waals surface area contributed by atoms with Gasteiger partial charge in [0.05, 0.1) is 9.79 Å². The molecule has 3 aromatic carbocycles. The van der Waals surface area contributed by atoms with Crippen molar-refractivity contribution in [1.82, 2.24) is 0 Å². The molecule has 1 atom stereocenters. The van der Waals surface area contributed by atoms with E-state index in [1.807, 2.05) is 50.2 Å². The first-order valence-corrected chi connectivity index (χ1v) is 13.1. The van der Waals surface area contributed by atoms with Gasteiger partial charge in [-0.25, -0.2) is 8.42 Å². The Labute approximate surface area is 173 Å². The van der Waals surface area contributed by atoms with E-state index in [0.717, 1.165) is 16.7 Å². The highest BCUT2D eigenvalue weighted by Gasteiger charge is 2.46. The predicted octanol–water partition coefficient (Wildman–Crippen LogP) is 5.35. The second-order valence-electron chi connectivity index (χ2n) is 8.12. The average Bonchev–Trinajstić information content (AvgIpc) is 2.71. The molecule has 4 rings (SSSR count). The fourth-order valence-electron chi connectivity index (χ4n) is 4.26. The van der Waals surface area contributed by atoms with E-state index in [2.05, 4.69) is 13.8 Å². The third kappa shape index (κ3) is 2.85. The maximum Gasteiger partial charge on any atom is 0.208 e. The van der Waals surface area contributed by atoms with E-state index in [1.165, 1.54) is 0 Å². The van der Waals surface area contributed by atoms with Crippen molar-refractivity contribution in [2.24, 2.45) is 0 Å². The summed E-state index contributed by atoms with van der Waals surface area (Å²) in [5.41, 5.74) is 2.52. The molecule has 0 amide bonds. The molecule has 0 spiro atoms. The van der Waals surface area contributed by atoms with Gasteiger partial charge in [-0.2, -0.15) is 0 Å². The molecule has 3 nitrogen and oxygen atoms in total. The maximum atomic E-state index is 14.8. The minimum atomic E-state index is -3.75.